The lowest BCUT2D eigenvalue weighted by Gasteiger charge is -2.33. The summed E-state index contributed by atoms with van der Waals surface area (Å²) in [6, 6.07) is 2.15. The van der Waals surface area contributed by atoms with E-state index < -0.39 is 24.2 Å². The van der Waals surface area contributed by atoms with E-state index in [0.717, 1.165) is 38.2 Å². The number of hydrogen-bond acceptors (Lipinski definition) is 4. The summed E-state index contributed by atoms with van der Waals surface area (Å²) in [6.07, 6.45) is 4.33. The van der Waals surface area contributed by atoms with Gasteiger partial charge in [0.2, 0.25) is 0 Å². The van der Waals surface area contributed by atoms with Gasteiger partial charge in [-0.3, -0.25) is 20.2 Å². The fraction of sp³-hybridized carbons (Fsp3) is 0.600. The van der Waals surface area contributed by atoms with Crippen LogP contribution in [0, 0.1) is 20.2 Å². The summed E-state index contributed by atoms with van der Waals surface area (Å²) in [5.74, 6) is -0.130. The van der Waals surface area contributed by atoms with E-state index in [1.807, 2.05) is 0 Å². The van der Waals surface area contributed by atoms with E-state index in [9.17, 15) is 20.2 Å². The van der Waals surface area contributed by atoms with Crippen LogP contribution in [0.25, 0.3) is 0 Å². The minimum atomic E-state index is -2.01. The van der Waals surface area contributed by atoms with Crippen LogP contribution in [0.4, 0.5) is 11.4 Å². The SMILES string of the molecule is CC(Cl)(Cl)C(Cl)(Cl)c1c(C2CCCCC2)cc([N+](=O)[O-])cc1[N+](=O)[O-]. The molecular formula is C15H16Cl4N2O4. The fourth-order valence-electron chi connectivity index (χ4n) is 3.18. The quantitative estimate of drug-likeness (QED) is 0.308. The van der Waals surface area contributed by atoms with E-state index in [1.165, 1.54) is 13.0 Å². The molecular weight excluding hydrogens is 414 g/mol. The van der Waals surface area contributed by atoms with Crippen molar-refractivity contribution in [3.8, 4) is 0 Å². The Hall–Kier alpha value is -0.820. The van der Waals surface area contributed by atoms with Gasteiger partial charge < -0.3 is 0 Å². The van der Waals surface area contributed by atoms with E-state index in [2.05, 4.69) is 0 Å². The van der Waals surface area contributed by atoms with Crippen LogP contribution in [0.15, 0.2) is 12.1 Å². The monoisotopic (exact) mass is 428 g/mol. The largest absolute Gasteiger partial charge is 0.282 e. The molecule has 10 heteroatoms. The number of benzene rings is 1. The van der Waals surface area contributed by atoms with Gasteiger partial charge in [0, 0.05) is 6.07 Å². The molecule has 6 nitrogen and oxygen atoms in total. The molecule has 1 aromatic carbocycles. The minimum Gasteiger partial charge on any atom is -0.258 e. The van der Waals surface area contributed by atoms with Crippen LogP contribution in [0.5, 0.6) is 0 Å². The zero-order chi connectivity index (χ0) is 19.0. The van der Waals surface area contributed by atoms with E-state index in [0.29, 0.717) is 5.56 Å². The number of rotatable bonds is 5. The lowest BCUT2D eigenvalue weighted by Crippen LogP contribution is -2.33. The van der Waals surface area contributed by atoms with Crippen LogP contribution < -0.4 is 0 Å². The molecule has 0 aliphatic heterocycles. The molecule has 0 N–H and O–H groups in total. The Morgan fingerprint density at radius 1 is 1.00 bits per heavy atom. The first-order valence-corrected chi connectivity index (χ1v) is 9.21. The summed E-state index contributed by atoms with van der Waals surface area (Å²) in [5.41, 5.74) is -0.623. The molecule has 1 fully saturated rings. The Morgan fingerprint density at radius 2 is 1.56 bits per heavy atom. The van der Waals surface area contributed by atoms with Crippen molar-refractivity contribution < 1.29 is 9.85 Å². The number of halogens is 4. The normalized spacial score (nSPS) is 16.7. The molecule has 1 aromatic rings. The molecule has 0 radical (unpaired) electrons. The molecule has 0 saturated heterocycles. The van der Waals surface area contributed by atoms with Crippen LogP contribution in [0.2, 0.25) is 0 Å². The van der Waals surface area contributed by atoms with Gasteiger partial charge in [-0.05, 0) is 31.2 Å². The summed E-state index contributed by atoms with van der Waals surface area (Å²) < 4.78 is -3.76. The number of alkyl halides is 4. The van der Waals surface area contributed by atoms with Crippen LogP contribution in [0.3, 0.4) is 0 Å². The van der Waals surface area contributed by atoms with Gasteiger partial charge in [0.25, 0.3) is 11.4 Å². The maximum atomic E-state index is 11.6. The Bertz CT molecular complexity index is 698. The third-order valence-corrected chi connectivity index (χ3v) is 6.54. The molecule has 2 rings (SSSR count). The Labute approximate surface area is 164 Å². The average molecular weight is 430 g/mol. The maximum absolute atomic E-state index is 11.6. The van der Waals surface area contributed by atoms with E-state index in [1.54, 1.807) is 0 Å². The fourth-order valence-corrected chi connectivity index (χ4v) is 3.78. The van der Waals surface area contributed by atoms with E-state index >= 15 is 0 Å². The van der Waals surface area contributed by atoms with Crippen molar-refractivity contribution >= 4 is 57.8 Å². The molecule has 0 bridgehead atoms. The first kappa shape index (κ1) is 20.5. The van der Waals surface area contributed by atoms with Gasteiger partial charge in [0.05, 0.1) is 21.5 Å². The second kappa shape index (κ2) is 7.43. The smallest absolute Gasteiger partial charge is 0.258 e. The van der Waals surface area contributed by atoms with Gasteiger partial charge in [-0.25, -0.2) is 0 Å². The maximum Gasteiger partial charge on any atom is 0.282 e. The van der Waals surface area contributed by atoms with Crippen molar-refractivity contribution in [2.45, 2.75) is 53.6 Å². The highest BCUT2D eigenvalue weighted by Gasteiger charge is 2.51. The van der Waals surface area contributed by atoms with Gasteiger partial charge in [0.1, 0.15) is 0 Å². The molecule has 0 atom stereocenters. The number of nitro benzene ring substituents is 2. The highest BCUT2D eigenvalue weighted by Crippen LogP contribution is 2.56. The molecule has 0 aromatic heterocycles. The van der Waals surface area contributed by atoms with Gasteiger partial charge in [-0.1, -0.05) is 65.7 Å². The molecule has 1 aliphatic rings. The molecule has 0 unspecified atom stereocenters. The van der Waals surface area contributed by atoms with Crippen LogP contribution in [-0.2, 0) is 4.33 Å². The van der Waals surface area contributed by atoms with Gasteiger partial charge >= 0.3 is 0 Å². The van der Waals surface area contributed by atoms with Crippen molar-refractivity contribution in [3.63, 3.8) is 0 Å². The number of hydrogen-bond donors (Lipinski definition) is 0. The Kier molecular flexibility index (Phi) is 6.09. The van der Waals surface area contributed by atoms with Crippen LogP contribution in [0.1, 0.15) is 56.1 Å². The third-order valence-electron chi connectivity index (χ3n) is 4.45. The number of non-ortho nitro benzene ring substituents is 1. The minimum absolute atomic E-state index is 0.0640. The van der Waals surface area contributed by atoms with Gasteiger partial charge in [-0.2, -0.15) is 0 Å². The zero-order valence-electron chi connectivity index (χ0n) is 13.3. The molecule has 1 aliphatic carbocycles. The van der Waals surface area contributed by atoms with Crippen molar-refractivity contribution in [2.75, 3.05) is 0 Å². The summed E-state index contributed by atoms with van der Waals surface area (Å²) in [5, 5.41) is 22.8. The van der Waals surface area contributed by atoms with Gasteiger partial charge in [-0.15, -0.1) is 0 Å². The highest BCUT2D eigenvalue weighted by molar-refractivity contribution is 6.62. The lowest BCUT2D eigenvalue weighted by atomic mass is 9.80. The first-order chi connectivity index (χ1) is 11.5. The molecule has 0 spiro atoms. The Balaban J connectivity index is 2.81. The van der Waals surface area contributed by atoms with Crippen LogP contribution in [-0.4, -0.2) is 14.2 Å². The second-order valence-electron chi connectivity index (χ2n) is 6.24. The standard InChI is InChI=1S/C15H16Cl4N2O4/c1-14(16,17)15(18,19)13-11(9-5-3-2-4-6-9)7-10(20(22)23)8-12(13)21(24)25/h7-9H,2-6H2,1H3. The lowest BCUT2D eigenvalue weighted by molar-refractivity contribution is -0.394. The highest BCUT2D eigenvalue weighted by atomic mass is 35.5. The molecule has 25 heavy (non-hydrogen) atoms. The number of nitrogens with zero attached hydrogens (tertiary/aromatic N) is 2. The Morgan fingerprint density at radius 3 is 2.00 bits per heavy atom. The van der Waals surface area contributed by atoms with Crippen molar-refractivity contribution in [1.29, 1.82) is 0 Å². The summed E-state index contributed by atoms with van der Waals surface area (Å²) in [4.78, 5) is 21.4. The van der Waals surface area contributed by atoms with Crippen LogP contribution >= 0.6 is 46.4 Å². The molecule has 0 heterocycles. The first-order valence-electron chi connectivity index (χ1n) is 7.69. The summed E-state index contributed by atoms with van der Waals surface area (Å²) in [7, 11) is 0. The third kappa shape index (κ3) is 4.13. The second-order valence-corrected chi connectivity index (χ2v) is 9.27. The molecule has 138 valence electrons. The molecule has 1 saturated carbocycles. The summed E-state index contributed by atoms with van der Waals surface area (Å²) in [6.45, 7) is 1.33. The van der Waals surface area contributed by atoms with E-state index in [4.69, 9.17) is 46.4 Å². The zero-order valence-corrected chi connectivity index (χ0v) is 16.3. The predicted octanol–water partition coefficient (Wildman–Crippen LogP) is 6.37. The number of nitro groups is 2. The van der Waals surface area contributed by atoms with Crippen molar-refractivity contribution in [2.24, 2.45) is 0 Å². The average Bonchev–Trinajstić information content (AvgIpc) is 2.53. The van der Waals surface area contributed by atoms with E-state index in [-0.39, 0.29) is 17.2 Å². The van der Waals surface area contributed by atoms with Gasteiger partial charge in [0.15, 0.2) is 8.67 Å². The van der Waals surface area contributed by atoms with Crippen molar-refractivity contribution in [1.82, 2.24) is 0 Å². The predicted molar refractivity (Wildman–Crippen MR) is 99.1 cm³/mol. The molecule has 0 amide bonds. The van der Waals surface area contributed by atoms with Crippen molar-refractivity contribution in [3.05, 3.63) is 43.5 Å². The summed E-state index contributed by atoms with van der Waals surface area (Å²) >= 11 is 24.9. The topological polar surface area (TPSA) is 86.3 Å².